The topological polar surface area (TPSA) is 6.48 Å². The van der Waals surface area contributed by atoms with Crippen molar-refractivity contribution >= 4 is 55.7 Å². The van der Waals surface area contributed by atoms with Crippen molar-refractivity contribution < 1.29 is 0 Å². The van der Waals surface area contributed by atoms with E-state index in [1.54, 1.807) is 0 Å². The van der Waals surface area contributed by atoms with E-state index in [0.29, 0.717) is 0 Å². The van der Waals surface area contributed by atoms with E-state index in [-0.39, 0.29) is 0 Å². The summed E-state index contributed by atoms with van der Waals surface area (Å²) in [5.41, 5.74) is 17.7. The fourth-order valence-corrected chi connectivity index (χ4v) is 7.63. The third-order valence-corrected chi connectivity index (χ3v) is 10.8. The fraction of sp³-hybridized carbons (Fsp3) is 0.174. The fourth-order valence-electron chi connectivity index (χ4n) is 7.63. The molecule has 0 aromatic heterocycles. The molecule has 2 heteroatoms. The standard InChI is InChI=1S/C46H44N2/c1-29-30(2)34(6)42-41(33(29)5)45(47(37-21-13-9-14-22-37)38-23-15-10-16-24-38)43-35(7)31(3)32(4)36(8)44(43)46(42)48(39-25-17-11-18-26-39)40-27-19-12-20-28-40/h9-28H,1-8H3. The molecular weight excluding hydrogens is 581 g/mol. The van der Waals surface area contributed by atoms with Gasteiger partial charge in [-0.1, -0.05) is 72.8 Å². The van der Waals surface area contributed by atoms with Gasteiger partial charge in [0.2, 0.25) is 0 Å². The van der Waals surface area contributed by atoms with Crippen molar-refractivity contribution in [1.82, 2.24) is 0 Å². The molecule has 7 rings (SSSR count). The molecule has 0 saturated heterocycles. The minimum absolute atomic E-state index is 1.15. The molecule has 0 fully saturated rings. The van der Waals surface area contributed by atoms with E-state index in [4.69, 9.17) is 0 Å². The van der Waals surface area contributed by atoms with Crippen LogP contribution in [-0.4, -0.2) is 0 Å². The van der Waals surface area contributed by atoms with Gasteiger partial charge in [-0.2, -0.15) is 0 Å². The highest BCUT2D eigenvalue weighted by atomic mass is 15.2. The number of fused-ring (bicyclic) bond motifs is 2. The molecule has 0 atom stereocenters. The second kappa shape index (κ2) is 12.4. The zero-order valence-electron chi connectivity index (χ0n) is 29.4. The van der Waals surface area contributed by atoms with Crippen LogP contribution in [0.1, 0.15) is 44.5 Å². The Kier molecular flexibility index (Phi) is 8.05. The van der Waals surface area contributed by atoms with Crippen molar-refractivity contribution in [2.45, 2.75) is 55.4 Å². The molecule has 2 nitrogen and oxygen atoms in total. The van der Waals surface area contributed by atoms with Gasteiger partial charge in [-0.25, -0.2) is 0 Å². The molecule has 0 heterocycles. The van der Waals surface area contributed by atoms with Crippen LogP contribution >= 0.6 is 0 Å². The molecule has 0 aliphatic heterocycles. The summed E-state index contributed by atoms with van der Waals surface area (Å²) in [6.07, 6.45) is 0. The summed E-state index contributed by atoms with van der Waals surface area (Å²) in [4.78, 5) is 5.01. The predicted molar refractivity (Wildman–Crippen MR) is 209 cm³/mol. The molecule has 48 heavy (non-hydrogen) atoms. The van der Waals surface area contributed by atoms with Gasteiger partial charge < -0.3 is 9.80 Å². The monoisotopic (exact) mass is 624 g/mol. The molecule has 0 saturated carbocycles. The molecule has 7 aromatic carbocycles. The highest BCUT2D eigenvalue weighted by molar-refractivity contribution is 6.27. The lowest BCUT2D eigenvalue weighted by Gasteiger charge is -2.36. The Morgan fingerprint density at radius 2 is 0.438 bits per heavy atom. The van der Waals surface area contributed by atoms with Crippen LogP contribution in [0, 0.1) is 55.4 Å². The Balaban J connectivity index is 1.83. The Morgan fingerprint density at radius 3 is 0.625 bits per heavy atom. The zero-order valence-corrected chi connectivity index (χ0v) is 29.4. The Bertz CT molecular complexity index is 1960. The number of anilines is 6. The maximum Gasteiger partial charge on any atom is 0.0625 e. The van der Waals surface area contributed by atoms with E-state index in [1.165, 1.54) is 77.4 Å². The Hall–Kier alpha value is -5.34. The minimum atomic E-state index is 1.15. The third kappa shape index (κ3) is 4.86. The van der Waals surface area contributed by atoms with Crippen LogP contribution in [0.5, 0.6) is 0 Å². The van der Waals surface area contributed by atoms with Crippen molar-refractivity contribution in [3.8, 4) is 0 Å². The number of hydrogen-bond acceptors (Lipinski definition) is 2. The first-order chi connectivity index (χ1) is 23.2. The SMILES string of the molecule is Cc1c(C)c(C)c2c(N(c3ccccc3)c3ccccc3)c3c(C)c(C)c(C)c(C)c3c(N(c3ccccc3)c3ccccc3)c2c1C. The van der Waals surface area contributed by atoms with Gasteiger partial charge in [-0.15, -0.1) is 0 Å². The summed E-state index contributed by atoms with van der Waals surface area (Å²) in [5.74, 6) is 0. The smallest absolute Gasteiger partial charge is 0.0625 e. The highest BCUT2D eigenvalue weighted by Gasteiger charge is 2.31. The van der Waals surface area contributed by atoms with Crippen molar-refractivity contribution in [2.75, 3.05) is 9.80 Å². The number of benzene rings is 7. The average Bonchev–Trinajstić information content (AvgIpc) is 3.13. The predicted octanol–water partition coefficient (Wildman–Crippen LogP) is 13.4. The van der Waals surface area contributed by atoms with Crippen LogP contribution in [0.4, 0.5) is 34.1 Å². The summed E-state index contributed by atoms with van der Waals surface area (Å²) in [5, 5.41) is 5.20. The van der Waals surface area contributed by atoms with Crippen LogP contribution < -0.4 is 9.80 Å². The number of hydrogen-bond donors (Lipinski definition) is 0. The number of para-hydroxylation sites is 4. The van der Waals surface area contributed by atoms with Crippen molar-refractivity contribution in [1.29, 1.82) is 0 Å². The van der Waals surface area contributed by atoms with Crippen LogP contribution in [0.25, 0.3) is 21.5 Å². The van der Waals surface area contributed by atoms with Gasteiger partial charge in [0.15, 0.2) is 0 Å². The van der Waals surface area contributed by atoms with Crippen molar-refractivity contribution in [2.24, 2.45) is 0 Å². The van der Waals surface area contributed by atoms with Crippen LogP contribution in [0.15, 0.2) is 121 Å². The first kappa shape index (κ1) is 31.3. The summed E-state index contributed by atoms with van der Waals surface area (Å²) >= 11 is 0. The van der Waals surface area contributed by atoms with Crippen molar-refractivity contribution in [3.63, 3.8) is 0 Å². The van der Waals surface area contributed by atoms with Gasteiger partial charge in [0.25, 0.3) is 0 Å². The van der Waals surface area contributed by atoms with E-state index >= 15 is 0 Å². The maximum absolute atomic E-state index is 2.51. The Labute approximate surface area is 285 Å². The second-order valence-electron chi connectivity index (χ2n) is 13.2. The summed E-state index contributed by atoms with van der Waals surface area (Å²) in [6, 6.07) is 43.6. The average molecular weight is 625 g/mol. The van der Waals surface area contributed by atoms with E-state index in [1.807, 2.05) is 0 Å². The van der Waals surface area contributed by atoms with Crippen LogP contribution in [0.2, 0.25) is 0 Å². The lowest BCUT2D eigenvalue weighted by atomic mass is 9.82. The van der Waals surface area contributed by atoms with Gasteiger partial charge >= 0.3 is 0 Å². The maximum atomic E-state index is 2.51. The van der Waals surface area contributed by atoms with E-state index in [0.717, 1.165) is 22.7 Å². The molecule has 0 bridgehead atoms. The van der Waals surface area contributed by atoms with Gasteiger partial charge in [-0.05, 0) is 148 Å². The molecule has 0 N–H and O–H groups in total. The number of aryl methyl sites for hydroxylation is 4. The van der Waals surface area contributed by atoms with E-state index in [2.05, 4.69) is 187 Å². The summed E-state index contributed by atoms with van der Waals surface area (Å²) < 4.78 is 0. The molecule has 0 radical (unpaired) electrons. The molecular formula is C46H44N2. The molecule has 0 aliphatic carbocycles. The van der Waals surface area contributed by atoms with E-state index < -0.39 is 0 Å². The lowest BCUT2D eigenvalue weighted by molar-refractivity contribution is 1.21. The first-order valence-electron chi connectivity index (χ1n) is 17.0. The van der Waals surface area contributed by atoms with Gasteiger partial charge in [0.05, 0.1) is 11.4 Å². The first-order valence-corrected chi connectivity index (χ1v) is 17.0. The van der Waals surface area contributed by atoms with Crippen LogP contribution in [-0.2, 0) is 0 Å². The zero-order chi connectivity index (χ0) is 33.7. The molecule has 0 spiro atoms. The van der Waals surface area contributed by atoms with Crippen molar-refractivity contribution in [3.05, 3.63) is 166 Å². The quantitative estimate of drug-likeness (QED) is 0.134. The van der Waals surface area contributed by atoms with Gasteiger partial charge in [0.1, 0.15) is 0 Å². The summed E-state index contributed by atoms with van der Waals surface area (Å²) in [6.45, 7) is 18.5. The molecule has 0 aliphatic rings. The molecule has 238 valence electrons. The highest BCUT2D eigenvalue weighted by Crippen LogP contribution is 2.55. The normalized spacial score (nSPS) is 11.3. The summed E-state index contributed by atoms with van der Waals surface area (Å²) in [7, 11) is 0. The van der Waals surface area contributed by atoms with Crippen LogP contribution in [0.3, 0.4) is 0 Å². The van der Waals surface area contributed by atoms with Gasteiger partial charge in [0, 0.05) is 44.3 Å². The van der Waals surface area contributed by atoms with Gasteiger partial charge in [-0.3, -0.25) is 0 Å². The second-order valence-corrected chi connectivity index (χ2v) is 13.2. The Morgan fingerprint density at radius 1 is 0.250 bits per heavy atom. The molecule has 0 unspecified atom stereocenters. The minimum Gasteiger partial charge on any atom is -0.309 e. The number of nitrogens with zero attached hydrogens (tertiary/aromatic N) is 2. The number of rotatable bonds is 6. The largest absolute Gasteiger partial charge is 0.309 e. The molecule has 0 amide bonds. The van der Waals surface area contributed by atoms with E-state index in [9.17, 15) is 0 Å². The third-order valence-electron chi connectivity index (χ3n) is 10.8. The lowest BCUT2D eigenvalue weighted by Crippen LogP contribution is -2.17. The molecule has 7 aromatic rings.